The molecule has 0 saturated heterocycles. The summed E-state index contributed by atoms with van der Waals surface area (Å²) in [6.07, 6.45) is 2.88. The Hall–Kier alpha value is -3.05. The maximum absolute atomic E-state index is 12.5. The number of para-hydroxylation sites is 1. The van der Waals surface area contributed by atoms with Crippen LogP contribution in [0.3, 0.4) is 0 Å². The van der Waals surface area contributed by atoms with E-state index in [1.165, 1.54) is 10.5 Å². The molecule has 4 aromatic rings. The van der Waals surface area contributed by atoms with Crippen LogP contribution in [0, 0.1) is 0 Å². The summed E-state index contributed by atoms with van der Waals surface area (Å²) in [5.41, 5.74) is 4.15. The van der Waals surface area contributed by atoms with Crippen molar-refractivity contribution in [3.63, 3.8) is 0 Å². The molecule has 1 aromatic heterocycles. The Morgan fingerprint density at radius 1 is 0.966 bits per heavy atom. The number of hydrogen-bond donors (Lipinski definition) is 1. The Morgan fingerprint density at radius 2 is 1.69 bits per heavy atom. The van der Waals surface area contributed by atoms with E-state index in [4.69, 9.17) is 5.10 Å². The van der Waals surface area contributed by atoms with Gasteiger partial charge in [0.1, 0.15) is 12.2 Å². The van der Waals surface area contributed by atoms with E-state index in [0.29, 0.717) is 6.54 Å². The normalized spacial score (nSPS) is 10.9. The zero-order valence-corrected chi connectivity index (χ0v) is 17.2. The van der Waals surface area contributed by atoms with Crippen LogP contribution in [-0.4, -0.2) is 28.5 Å². The molecule has 0 fully saturated rings. The maximum atomic E-state index is 12.5. The molecule has 0 unspecified atom stereocenters. The first-order valence-corrected chi connectivity index (χ1v) is 10.9. The fourth-order valence-electron chi connectivity index (χ4n) is 3.39. The topological polar surface area (TPSA) is 46.9 Å². The van der Waals surface area contributed by atoms with Crippen molar-refractivity contribution in [2.24, 2.45) is 0 Å². The highest BCUT2D eigenvalue weighted by atomic mass is 32.2. The maximum Gasteiger partial charge on any atom is 0.241 e. The first-order valence-electron chi connectivity index (χ1n) is 9.65. The van der Waals surface area contributed by atoms with E-state index in [1.807, 2.05) is 48.5 Å². The number of benzene rings is 3. The SMILES string of the molecule is CSc1ccc(CCNC(=O)Cn2nc(-c3ccccc3)c3ccccc32)cc1. The average Bonchev–Trinajstić information content (AvgIpc) is 3.13. The summed E-state index contributed by atoms with van der Waals surface area (Å²) in [6.45, 7) is 0.820. The fraction of sp³-hybridized carbons (Fsp3) is 0.167. The minimum atomic E-state index is -0.0291. The van der Waals surface area contributed by atoms with E-state index in [9.17, 15) is 4.79 Å². The van der Waals surface area contributed by atoms with Crippen LogP contribution in [0.2, 0.25) is 0 Å². The molecule has 0 aliphatic carbocycles. The highest BCUT2D eigenvalue weighted by Gasteiger charge is 2.13. The third-order valence-electron chi connectivity index (χ3n) is 4.89. The van der Waals surface area contributed by atoms with Crippen molar-refractivity contribution in [3.8, 4) is 11.3 Å². The van der Waals surface area contributed by atoms with Crippen molar-refractivity contribution in [1.82, 2.24) is 15.1 Å². The zero-order chi connectivity index (χ0) is 20.1. The van der Waals surface area contributed by atoms with Crippen LogP contribution >= 0.6 is 11.8 Å². The lowest BCUT2D eigenvalue weighted by Gasteiger charge is -2.07. The number of hydrogen-bond acceptors (Lipinski definition) is 3. The van der Waals surface area contributed by atoms with E-state index >= 15 is 0 Å². The Balaban J connectivity index is 1.44. The van der Waals surface area contributed by atoms with Gasteiger partial charge in [-0.1, -0.05) is 60.7 Å². The highest BCUT2D eigenvalue weighted by molar-refractivity contribution is 7.98. The summed E-state index contributed by atoms with van der Waals surface area (Å²) >= 11 is 1.73. The van der Waals surface area contributed by atoms with Gasteiger partial charge in [-0.25, -0.2) is 0 Å². The first kappa shape index (κ1) is 19.3. The van der Waals surface area contributed by atoms with Crippen LogP contribution in [-0.2, 0) is 17.8 Å². The van der Waals surface area contributed by atoms with Crippen molar-refractivity contribution >= 4 is 28.6 Å². The third kappa shape index (κ3) is 4.51. The molecule has 0 atom stereocenters. The van der Waals surface area contributed by atoms with Crippen molar-refractivity contribution < 1.29 is 4.79 Å². The van der Waals surface area contributed by atoms with E-state index in [2.05, 4.69) is 41.9 Å². The van der Waals surface area contributed by atoms with Gasteiger partial charge in [0.05, 0.1) is 5.52 Å². The van der Waals surface area contributed by atoms with Crippen LogP contribution < -0.4 is 5.32 Å². The van der Waals surface area contributed by atoms with Crippen LogP contribution in [0.5, 0.6) is 0 Å². The predicted octanol–water partition coefficient (Wildman–Crippen LogP) is 4.78. The molecule has 4 rings (SSSR count). The molecule has 4 nitrogen and oxygen atoms in total. The molecule has 0 radical (unpaired) electrons. The Bertz CT molecular complexity index is 1100. The second-order valence-corrected chi connectivity index (χ2v) is 7.72. The van der Waals surface area contributed by atoms with Gasteiger partial charge in [0, 0.05) is 22.4 Å². The Labute approximate surface area is 174 Å². The molecular weight excluding hydrogens is 378 g/mol. The average molecular weight is 402 g/mol. The van der Waals surface area contributed by atoms with Gasteiger partial charge in [-0.05, 0) is 36.4 Å². The lowest BCUT2D eigenvalue weighted by molar-refractivity contribution is -0.121. The summed E-state index contributed by atoms with van der Waals surface area (Å²) in [5.74, 6) is -0.0291. The van der Waals surface area contributed by atoms with Gasteiger partial charge in [0.25, 0.3) is 0 Å². The molecule has 1 amide bonds. The van der Waals surface area contributed by atoms with Crippen molar-refractivity contribution in [3.05, 3.63) is 84.4 Å². The molecule has 0 spiro atoms. The number of aromatic nitrogens is 2. The highest BCUT2D eigenvalue weighted by Crippen LogP contribution is 2.27. The predicted molar refractivity (Wildman–Crippen MR) is 120 cm³/mol. The number of rotatable bonds is 7. The Morgan fingerprint density at radius 3 is 2.45 bits per heavy atom. The molecule has 0 saturated carbocycles. The number of nitrogens with one attached hydrogen (secondary N) is 1. The van der Waals surface area contributed by atoms with Gasteiger partial charge >= 0.3 is 0 Å². The molecule has 3 aromatic carbocycles. The number of thioether (sulfide) groups is 1. The quantitative estimate of drug-likeness (QED) is 0.453. The van der Waals surface area contributed by atoms with Crippen molar-refractivity contribution in [1.29, 1.82) is 0 Å². The lowest BCUT2D eigenvalue weighted by Crippen LogP contribution is -2.29. The minimum Gasteiger partial charge on any atom is -0.354 e. The number of nitrogens with zero attached hydrogens (tertiary/aromatic N) is 2. The summed E-state index contributed by atoms with van der Waals surface area (Å²) in [4.78, 5) is 13.8. The molecule has 146 valence electrons. The van der Waals surface area contributed by atoms with Gasteiger partial charge in [-0.2, -0.15) is 5.10 Å². The minimum absolute atomic E-state index is 0.0291. The van der Waals surface area contributed by atoms with Crippen LogP contribution in [0.4, 0.5) is 0 Å². The second kappa shape index (κ2) is 8.97. The molecule has 1 heterocycles. The number of carbonyl (C=O) groups excluding carboxylic acids is 1. The number of fused-ring (bicyclic) bond motifs is 1. The third-order valence-corrected chi connectivity index (χ3v) is 5.64. The van der Waals surface area contributed by atoms with Gasteiger partial charge in [-0.3, -0.25) is 9.48 Å². The van der Waals surface area contributed by atoms with Crippen LogP contribution in [0.15, 0.2) is 83.8 Å². The number of amides is 1. The summed E-state index contributed by atoms with van der Waals surface area (Å²) in [6, 6.07) is 26.6. The van der Waals surface area contributed by atoms with Gasteiger partial charge in [0.15, 0.2) is 0 Å². The second-order valence-electron chi connectivity index (χ2n) is 6.84. The fourth-order valence-corrected chi connectivity index (χ4v) is 3.80. The molecule has 1 N–H and O–H groups in total. The van der Waals surface area contributed by atoms with E-state index in [0.717, 1.165) is 28.6 Å². The van der Waals surface area contributed by atoms with Gasteiger partial charge < -0.3 is 5.32 Å². The van der Waals surface area contributed by atoms with E-state index < -0.39 is 0 Å². The standard InChI is InChI=1S/C24H23N3OS/c1-29-20-13-11-18(12-14-20)15-16-25-23(28)17-27-22-10-6-5-9-21(22)24(26-27)19-7-3-2-4-8-19/h2-14H,15-17H2,1H3,(H,25,28). The van der Waals surface area contributed by atoms with Crippen molar-refractivity contribution in [2.75, 3.05) is 12.8 Å². The van der Waals surface area contributed by atoms with E-state index in [-0.39, 0.29) is 12.5 Å². The molecule has 0 aliphatic rings. The summed E-state index contributed by atoms with van der Waals surface area (Å²) < 4.78 is 1.79. The number of carbonyl (C=O) groups is 1. The largest absolute Gasteiger partial charge is 0.354 e. The molecule has 0 bridgehead atoms. The van der Waals surface area contributed by atoms with Crippen LogP contribution in [0.25, 0.3) is 22.2 Å². The molecular formula is C24H23N3OS. The van der Waals surface area contributed by atoms with Crippen LogP contribution in [0.1, 0.15) is 5.56 Å². The summed E-state index contributed by atoms with van der Waals surface area (Å²) in [7, 11) is 0. The Kier molecular flexibility index (Phi) is 5.96. The molecule has 0 aliphatic heterocycles. The van der Waals surface area contributed by atoms with Gasteiger partial charge in [0.2, 0.25) is 5.91 Å². The van der Waals surface area contributed by atoms with Crippen molar-refractivity contribution in [2.45, 2.75) is 17.9 Å². The molecule has 5 heteroatoms. The first-order chi connectivity index (χ1) is 14.2. The van der Waals surface area contributed by atoms with E-state index in [1.54, 1.807) is 16.4 Å². The summed E-state index contributed by atoms with van der Waals surface area (Å²) in [5, 5.41) is 8.81. The zero-order valence-electron chi connectivity index (χ0n) is 16.3. The van der Waals surface area contributed by atoms with Gasteiger partial charge in [-0.15, -0.1) is 11.8 Å². The lowest BCUT2D eigenvalue weighted by atomic mass is 10.1. The monoisotopic (exact) mass is 401 g/mol. The molecule has 29 heavy (non-hydrogen) atoms. The smallest absolute Gasteiger partial charge is 0.241 e.